The van der Waals surface area contributed by atoms with Gasteiger partial charge < -0.3 is 26.2 Å². The Morgan fingerprint density at radius 1 is 0.816 bits per heavy atom. The summed E-state index contributed by atoms with van der Waals surface area (Å²) in [7, 11) is 0. The molecule has 0 atom stereocenters. The van der Waals surface area contributed by atoms with Gasteiger partial charge in [0.1, 0.15) is 5.82 Å². The normalized spacial score (nSPS) is 21.9. The summed E-state index contributed by atoms with van der Waals surface area (Å²) in [5.41, 5.74) is 8.07. The van der Waals surface area contributed by atoms with Crippen LogP contribution in [0.1, 0.15) is 65.7 Å². The lowest BCUT2D eigenvalue weighted by molar-refractivity contribution is -0.138. The summed E-state index contributed by atoms with van der Waals surface area (Å²) in [5, 5.41) is 6.05. The Kier molecular flexibility index (Phi) is 7.93. The van der Waals surface area contributed by atoms with Crippen LogP contribution < -0.4 is 21.3 Å². The summed E-state index contributed by atoms with van der Waals surface area (Å²) >= 11 is 0. The molecular weight excluding hydrogens is 485 g/mol. The van der Waals surface area contributed by atoms with Gasteiger partial charge in [-0.3, -0.25) is 14.4 Å². The number of rotatable bonds is 6. The summed E-state index contributed by atoms with van der Waals surface area (Å²) in [5.74, 6) is -0.575. The number of nitrogens with two attached hydrogens (primary N) is 1. The van der Waals surface area contributed by atoms with Crippen LogP contribution in [0.15, 0.2) is 42.5 Å². The van der Waals surface area contributed by atoms with Crippen molar-refractivity contribution in [3.8, 4) is 0 Å². The van der Waals surface area contributed by atoms with E-state index in [1.165, 1.54) is 24.3 Å². The van der Waals surface area contributed by atoms with Gasteiger partial charge in [0.2, 0.25) is 5.91 Å². The number of hydrogen-bond acceptors (Lipinski definition) is 5. The van der Waals surface area contributed by atoms with Crippen molar-refractivity contribution in [2.75, 3.05) is 36.4 Å². The minimum absolute atomic E-state index is 0.0838. The minimum atomic E-state index is -0.418. The fraction of sp³-hybridized carbons (Fsp3) is 0.483. The van der Waals surface area contributed by atoms with Crippen molar-refractivity contribution in [3.63, 3.8) is 0 Å². The highest BCUT2D eigenvalue weighted by Gasteiger charge is 2.32. The fourth-order valence-corrected chi connectivity index (χ4v) is 5.46. The number of carbonyl (C=O) groups is 3. The van der Waals surface area contributed by atoms with Crippen molar-refractivity contribution in [1.82, 2.24) is 10.2 Å². The first-order chi connectivity index (χ1) is 18.4. The third-order valence-corrected chi connectivity index (χ3v) is 8.11. The predicted octanol–water partition coefficient (Wildman–Crippen LogP) is 3.53. The smallest absolute Gasteiger partial charge is 0.255 e. The SMILES string of the molecule is NC1CCC(NC(=O)c2ccc(N3CCN(C(=O)C4CCC4)CC3)c(NC(=O)c3ccc(F)cc3)c2)CC1. The number of nitrogens with one attached hydrogen (secondary N) is 2. The molecular formula is C29H36FN5O3. The Labute approximate surface area is 222 Å². The molecule has 0 spiro atoms. The standard InChI is InChI=1S/C29H36FN5O3/c30-22-7-4-19(5-8-22)27(36)33-25-18-21(28(37)32-24-11-9-23(31)10-12-24)6-13-26(25)34-14-16-35(17-15-34)29(38)20-2-1-3-20/h4-8,13,18,20,23-24H,1-3,9-12,14-17,31H2,(H,32,37)(H,33,36). The van der Waals surface area contributed by atoms with Crippen molar-refractivity contribution in [2.45, 2.75) is 57.0 Å². The van der Waals surface area contributed by atoms with Gasteiger partial charge in [0, 0.05) is 55.3 Å². The van der Waals surface area contributed by atoms with Crippen LogP contribution in [0.4, 0.5) is 15.8 Å². The molecule has 1 saturated heterocycles. The van der Waals surface area contributed by atoms with Gasteiger partial charge in [-0.1, -0.05) is 6.42 Å². The Morgan fingerprint density at radius 2 is 1.47 bits per heavy atom. The number of carbonyl (C=O) groups excluding carboxylic acids is 3. The van der Waals surface area contributed by atoms with Crippen molar-refractivity contribution >= 4 is 29.1 Å². The van der Waals surface area contributed by atoms with E-state index in [9.17, 15) is 18.8 Å². The second-order valence-corrected chi connectivity index (χ2v) is 10.7. The summed E-state index contributed by atoms with van der Waals surface area (Å²) < 4.78 is 13.4. The fourth-order valence-electron chi connectivity index (χ4n) is 5.46. The molecule has 202 valence electrons. The van der Waals surface area contributed by atoms with E-state index in [2.05, 4.69) is 15.5 Å². The lowest BCUT2D eigenvalue weighted by Gasteiger charge is -2.39. The number of amides is 3. The molecule has 0 aromatic heterocycles. The van der Waals surface area contributed by atoms with E-state index in [4.69, 9.17) is 5.73 Å². The molecule has 0 bridgehead atoms. The van der Waals surface area contributed by atoms with Gasteiger partial charge in [0.15, 0.2) is 0 Å². The van der Waals surface area contributed by atoms with Crippen LogP contribution in [0.3, 0.4) is 0 Å². The zero-order valence-electron chi connectivity index (χ0n) is 21.6. The first-order valence-corrected chi connectivity index (χ1v) is 13.7. The molecule has 2 aromatic rings. The Bertz CT molecular complexity index is 1170. The van der Waals surface area contributed by atoms with E-state index >= 15 is 0 Å². The largest absolute Gasteiger partial charge is 0.366 e. The molecule has 5 rings (SSSR count). The molecule has 1 aliphatic heterocycles. The third kappa shape index (κ3) is 5.99. The lowest BCUT2D eigenvalue weighted by atomic mass is 9.84. The summed E-state index contributed by atoms with van der Waals surface area (Å²) in [6.07, 6.45) is 6.56. The van der Waals surface area contributed by atoms with Crippen LogP contribution in [-0.2, 0) is 4.79 Å². The molecule has 2 saturated carbocycles. The first-order valence-electron chi connectivity index (χ1n) is 13.7. The maximum Gasteiger partial charge on any atom is 0.255 e. The highest BCUT2D eigenvalue weighted by atomic mass is 19.1. The van der Waals surface area contributed by atoms with E-state index in [1.54, 1.807) is 12.1 Å². The van der Waals surface area contributed by atoms with Gasteiger partial charge in [-0.15, -0.1) is 0 Å². The summed E-state index contributed by atoms with van der Waals surface area (Å²) in [6, 6.07) is 11.0. The van der Waals surface area contributed by atoms with E-state index in [1.807, 2.05) is 11.0 Å². The molecule has 2 aliphatic carbocycles. The van der Waals surface area contributed by atoms with Gasteiger partial charge in [-0.05, 0) is 81.0 Å². The zero-order chi connectivity index (χ0) is 26.6. The molecule has 9 heteroatoms. The van der Waals surface area contributed by atoms with Gasteiger partial charge in [-0.2, -0.15) is 0 Å². The van der Waals surface area contributed by atoms with Gasteiger partial charge >= 0.3 is 0 Å². The monoisotopic (exact) mass is 521 g/mol. The third-order valence-electron chi connectivity index (χ3n) is 8.11. The quantitative estimate of drug-likeness (QED) is 0.539. The number of anilines is 2. The second kappa shape index (κ2) is 11.5. The van der Waals surface area contributed by atoms with E-state index in [0.717, 1.165) is 50.6 Å². The molecule has 8 nitrogen and oxygen atoms in total. The van der Waals surface area contributed by atoms with Crippen molar-refractivity contribution in [2.24, 2.45) is 11.7 Å². The van der Waals surface area contributed by atoms with Gasteiger partial charge in [0.25, 0.3) is 11.8 Å². The Balaban J connectivity index is 1.33. The maximum absolute atomic E-state index is 13.4. The van der Waals surface area contributed by atoms with Crippen LogP contribution in [0.25, 0.3) is 0 Å². The zero-order valence-corrected chi connectivity index (χ0v) is 21.6. The highest BCUT2D eigenvalue weighted by Crippen LogP contribution is 2.32. The Morgan fingerprint density at radius 3 is 2.11 bits per heavy atom. The van der Waals surface area contributed by atoms with Crippen LogP contribution in [0.5, 0.6) is 0 Å². The second-order valence-electron chi connectivity index (χ2n) is 10.7. The molecule has 3 amide bonds. The molecule has 0 radical (unpaired) electrons. The van der Waals surface area contributed by atoms with Crippen molar-refractivity contribution in [3.05, 3.63) is 59.4 Å². The molecule has 2 aromatic carbocycles. The van der Waals surface area contributed by atoms with Gasteiger partial charge in [0.05, 0.1) is 11.4 Å². The van der Waals surface area contributed by atoms with Crippen molar-refractivity contribution < 1.29 is 18.8 Å². The molecule has 3 fully saturated rings. The number of hydrogen-bond donors (Lipinski definition) is 3. The average molecular weight is 522 g/mol. The maximum atomic E-state index is 13.4. The molecule has 1 heterocycles. The Hall–Kier alpha value is -3.46. The molecule has 0 unspecified atom stereocenters. The lowest BCUT2D eigenvalue weighted by Crippen LogP contribution is -2.51. The number of halogens is 1. The molecule has 38 heavy (non-hydrogen) atoms. The summed E-state index contributed by atoms with van der Waals surface area (Å²) in [6.45, 7) is 2.50. The van der Waals surface area contributed by atoms with Gasteiger partial charge in [-0.25, -0.2) is 4.39 Å². The van der Waals surface area contributed by atoms with E-state index in [-0.39, 0.29) is 35.7 Å². The number of nitrogens with zero attached hydrogens (tertiary/aromatic N) is 2. The predicted molar refractivity (Wildman–Crippen MR) is 145 cm³/mol. The van der Waals surface area contributed by atoms with E-state index < -0.39 is 5.82 Å². The molecule has 4 N–H and O–H groups in total. The van der Waals surface area contributed by atoms with Crippen LogP contribution >= 0.6 is 0 Å². The highest BCUT2D eigenvalue weighted by molar-refractivity contribution is 6.07. The number of piperazine rings is 1. The number of benzene rings is 2. The van der Waals surface area contributed by atoms with Crippen LogP contribution in [-0.4, -0.2) is 60.9 Å². The minimum Gasteiger partial charge on any atom is -0.366 e. The van der Waals surface area contributed by atoms with E-state index in [0.29, 0.717) is 43.0 Å². The van der Waals surface area contributed by atoms with Crippen molar-refractivity contribution in [1.29, 1.82) is 0 Å². The average Bonchev–Trinajstić information content (AvgIpc) is 2.89. The molecule has 3 aliphatic rings. The topological polar surface area (TPSA) is 108 Å². The first kappa shape index (κ1) is 26.2. The van der Waals surface area contributed by atoms with Crippen LogP contribution in [0, 0.1) is 11.7 Å². The van der Waals surface area contributed by atoms with Crippen LogP contribution in [0.2, 0.25) is 0 Å². The summed E-state index contributed by atoms with van der Waals surface area (Å²) in [4.78, 5) is 42.9.